The van der Waals surface area contributed by atoms with Gasteiger partial charge in [-0.25, -0.2) is 9.59 Å². The van der Waals surface area contributed by atoms with Crippen LogP contribution in [-0.2, 0) is 0 Å². The maximum absolute atomic E-state index is 10.3. The molecule has 0 unspecified atom stereocenters. The minimum absolute atomic E-state index is 0. The Hall–Kier alpha value is -2.20. The second kappa shape index (κ2) is 16.8. The smallest absolute Gasteiger partial charge is 0.335 e. The van der Waals surface area contributed by atoms with E-state index in [1.165, 1.54) is 24.3 Å². The Balaban J connectivity index is -0.0000000844. The van der Waals surface area contributed by atoms with E-state index in [1.807, 2.05) is 0 Å². The van der Waals surface area contributed by atoms with Crippen molar-refractivity contribution in [3.05, 3.63) is 35.4 Å². The fourth-order valence-electron chi connectivity index (χ4n) is 0.755. The van der Waals surface area contributed by atoms with Gasteiger partial charge < -0.3 is 20.4 Å². The van der Waals surface area contributed by atoms with Gasteiger partial charge in [0.2, 0.25) is 0 Å². The molecule has 0 aliphatic heterocycles. The average Bonchev–Trinajstić information content (AvgIpc) is 2.29. The largest absolute Gasteiger partial charge is 0.478 e. The number of carboxylic acids is 2. The molecule has 1 aromatic carbocycles. The second-order valence-electron chi connectivity index (χ2n) is 2.63. The maximum Gasteiger partial charge on any atom is 0.335 e. The maximum atomic E-state index is 10.3. The molecule has 1 rings (SSSR count). The molecule has 0 aliphatic rings. The molecule has 0 radical (unpaired) electrons. The predicted molar refractivity (Wildman–Crippen MR) is 64.5 cm³/mol. The molecule has 0 heterocycles. The molecule has 120 valence electrons. The number of hydrogen-bond acceptors (Lipinski definition) is 4. The first-order valence-corrected chi connectivity index (χ1v) is 4.31. The van der Waals surface area contributed by atoms with Crippen molar-refractivity contribution in [2.75, 3.05) is 13.2 Å². The third-order valence-corrected chi connectivity index (χ3v) is 1.48. The van der Waals surface area contributed by atoms with Crippen molar-refractivity contribution in [1.82, 2.24) is 0 Å². The topological polar surface area (TPSA) is 115 Å². The number of benzene rings is 1. The van der Waals surface area contributed by atoms with Crippen LogP contribution in [0.4, 0.5) is 18.8 Å². The average molecular weight is 308 g/mol. The lowest BCUT2D eigenvalue weighted by molar-refractivity contribution is 0.0681. The molecule has 0 atom stereocenters. The van der Waals surface area contributed by atoms with Gasteiger partial charge in [-0.05, 0) is 24.3 Å². The summed E-state index contributed by atoms with van der Waals surface area (Å²) < 4.78 is 0. The van der Waals surface area contributed by atoms with Gasteiger partial charge in [-0.2, -0.15) is 0 Å². The molecule has 0 aliphatic carbocycles. The summed E-state index contributed by atoms with van der Waals surface area (Å²) in [7, 11) is 0. The number of rotatable bonds is 3. The first-order valence-electron chi connectivity index (χ1n) is 4.31. The lowest BCUT2D eigenvalue weighted by atomic mass is 10.1. The van der Waals surface area contributed by atoms with Crippen LogP contribution in [0.5, 0.6) is 0 Å². The van der Waals surface area contributed by atoms with Gasteiger partial charge >= 0.3 is 11.9 Å². The molecule has 6 nitrogen and oxygen atoms in total. The minimum atomic E-state index is -1.06. The van der Waals surface area contributed by atoms with Gasteiger partial charge in [-0.15, -0.1) is 0 Å². The number of halogens is 4. The van der Waals surface area contributed by atoms with Gasteiger partial charge in [0.25, 0.3) is 0 Å². The van der Waals surface area contributed by atoms with Crippen LogP contribution in [0, 0.1) is 0 Å². The van der Waals surface area contributed by atoms with E-state index in [2.05, 4.69) is 0 Å². The van der Waals surface area contributed by atoms with Crippen LogP contribution >= 0.6 is 0 Å². The summed E-state index contributed by atoms with van der Waals surface area (Å²) >= 11 is 0. The standard InChI is InChI=1S/C8H6O4.C2H6O2.4FH/c9-7(10)5-1-2-6(4-3-5)8(11)12;3-1-2-4;;;;/h1-4H,(H,9,10)(H,11,12);3-4H,1-2H2;4*1H. The summed E-state index contributed by atoms with van der Waals surface area (Å²) in [6.07, 6.45) is 0. The molecule has 0 spiro atoms. The fraction of sp³-hybridized carbons (Fsp3) is 0.200. The van der Waals surface area contributed by atoms with Crippen LogP contribution in [0.2, 0.25) is 0 Å². The number of aromatic carboxylic acids is 2. The van der Waals surface area contributed by atoms with Crippen LogP contribution < -0.4 is 0 Å². The molecular formula is C10H16F4O6. The van der Waals surface area contributed by atoms with E-state index in [-0.39, 0.29) is 43.2 Å². The Morgan fingerprint density at radius 3 is 1.00 bits per heavy atom. The van der Waals surface area contributed by atoms with Gasteiger partial charge in [0.05, 0.1) is 24.3 Å². The van der Waals surface area contributed by atoms with Crippen LogP contribution in [0.25, 0.3) is 0 Å². The molecule has 0 bridgehead atoms. The zero-order valence-corrected chi connectivity index (χ0v) is 9.96. The highest BCUT2D eigenvalue weighted by molar-refractivity contribution is 5.91. The van der Waals surface area contributed by atoms with Gasteiger partial charge in [0, 0.05) is 0 Å². The van der Waals surface area contributed by atoms with Gasteiger partial charge in [0.15, 0.2) is 0 Å². The molecule has 0 fully saturated rings. The van der Waals surface area contributed by atoms with Crippen molar-refractivity contribution < 1.29 is 48.8 Å². The molecule has 20 heavy (non-hydrogen) atoms. The highest BCUT2D eigenvalue weighted by atomic mass is 19.0. The SMILES string of the molecule is F.F.F.F.O=C(O)c1ccc(C(=O)O)cc1.OCCO. The molecule has 4 N–H and O–H groups in total. The highest BCUT2D eigenvalue weighted by Gasteiger charge is 2.04. The molecule has 10 heteroatoms. The quantitative estimate of drug-likeness (QED) is 0.610. The Morgan fingerprint density at radius 2 is 0.900 bits per heavy atom. The summed E-state index contributed by atoms with van der Waals surface area (Å²) in [4.78, 5) is 20.7. The Kier molecular flexibility index (Phi) is 25.8. The first kappa shape index (κ1) is 30.7. The summed E-state index contributed by atoms with van der Waals surface area (Å²) in [6.45, 7) is -0.250. The molecule has 1 aromatic rings. The van der Waals surface area contributed by atoms with Crippen LogP contribution in [0.1, 0.15) is 20.7 Å². The molecule has 0 saturated carbocycles. The van der Waals surface area contributed by atoms with Gasteiger partial charge in [-0.1, -0.05) is 0 Å². The second-order valence-corrected chi connectivity index (χ2v) is 2.63. The van der Waals surface area contributed by atoms with E-state index in [9.17, 15) is 9.59 Å². The van der Waals surface area contributed by atoms with Crippen molar-refractivity contribution in [1.29, 1.82) is 0 Å². The van der Waals surface area contributed by atoms with Crippen LogP contribution in [0.15, 0.2) is 24.3 Å². The lowest BCUT2D eigenvalue weighted by Gasteiger charge is -1.94. The van der Waals surface area contributed by atoms with E-state index in [4.69, 9.17) is 20.4 Å². The third-order valence-electron chi connectivity index (χ3n) is 1.48. The van der Waals surface area contributed by atoms with Crippen molar-refractivity contribution >= 4 is 11.9 Å². The molecule has 0 aromatic heterocycles. The monoisotopic (exact) mass is 308 g/mol. The zero-order valence-electron chi connectivity index (χ0n) is 9.96. The molecule has 0 amide bonds. The van der Waals surface area contributed by atoms with Gasteiger partial charge in [-0.3, -0.25) is 18.8 Å². The number of hydrogen-bond donors (Lipinski definition) is 4. The first-order chi connectivity index (χ1) is 7.52. The van der Waals surface area contributed by atoms with Crippen molar-refractivity contribution in [3.8, 4) is 0 Å². The molecular weight excluding hydrogens is 292 g/mol. The number of aliphatic hydroxyl groups excluding tert-OH is 2. The van der Waals surface area contributed by atoms with Crippen LogP contribution in [0.3, 0.4) is 0 Å². The summed E-state index contributed by atoms with van der Waals surface area (Å²) in [6, 6.07) is 5.02. The van der Waals surface area contributed by atoms with E-state index in [1.54, 1.807) is 0 Å². The summed E-state index contributed by atoms with van der Waals surface area (Å²) in [5.41, 5.74) is 0.167. The van der Waals surface area contributed by atoms with E-state index < -0.39 is 11.9 Å². The Labute approximate surface area is 110 Å². The van der Waals surface area contributed by atoms with Crippen molar-refractivity contribution in [2.24, 2.45) is 0 Å². The summed E-state index contributed by atoms with van der Waals surface area (Å²) in [5, 5.41) is 32.2. The predicted octanol–water partition coefficient (Wildman–Crippen LogP) is 0.664. The van der Waals surface area contributed by atoms with E-state index in [0.29, 0.717) is 0 Å². The number of aliphatic hydroxyl groups is 2. The number of carboxylic acid groups (broad SMARTS) is 2. The Bertz CT molecular complexity index is 322. The van der Waals surface area contributed by atoms with E-state index >= 15 is 0 Å². The zero-order chi connectivity index (χ0) is 12.6. The van der Waals surface area contributed by atoms with Gasteiger partial charge in [0.1, 0.15) is 0 Å². The number of carbonyl (C=O) groups is 2. The van der Waals surface area contributed by atoms with Crippen molar-refractivity contribution in [3.63, 3.8) is 0 Å². The lowest BCUT2D eigenvalue weighted by Crippen LogP contribution is -1.99. The van der Waals surface area contributed by atoms with Crippen molar-refractivity contribution in [2.45, 2.75) is 0 Å². The third kappa shape index (κ3) is 12.3. The molecule has 0 saturated heterocycles. The van der Waals surface area contributed by atoms with Crippen LogP contribution in [-0.4, -0.2) is 45.6 Å². The van der Waals surface area contributed by atoms with E-state index in [0.717, 1.165) is 0 Å². The minimum Gasteiger partial charge on any atom is -0.478 e. The fourth-order valence-corrected chi connectivity index (χ4v) is 0.755. The Morgan fingerprint density at radius 1 is 0.700 bits per heavy atom. The summed E-state index contributed by atoms with van der Waals surface area (Å²) in [5.74, 6) is -2.13. The highest BCUT2D eigenvalue weighted by Crippen LogP contribution is 2.03. The normalized spacial score (nSPS) is 7.10.